The maximum absolute atomic E-state index is 11.4. The summed E-state index contributed by atoms with van der Waals surface area (Å²) in [5.74, 6) is 0.231. The molecule has 0 aliphatic rings. The van der Waals surface area contributed by atoms with Gasteiger partial charge in [0, 0.05) is 10.9 Å². The smallest absolute Gasteiger partial charge is 0.220 e. The number of carbonyl (C=O) groups excluding carboxylic acids is 1. The van der Waals surface area contributed by atoms with Gasteiger partial charge in [0.1, 0.15) is 5.78 Å². The number of unbranched alkanes of at least 4 members (excludes halogenated alkanes) is 1. The molecule has 1 N–H and O–H groups in total. The first-order chi connectivity index (χ1) is 11.5. The average Bonchev–Trinajstić information content (AvgIpc) is 2.58. The molecule has 0 spiro atoms. The van der Waals surface area contributed by atoms with Crippen LogP contribution >= 0.6 is 15.9 Å². The molecule has 0 radical (unpaired) electrons. The molecule has 2 nitrogen and oxygen atoms in total. The van der Waals surface area contributed by atoms with Crippen molar-refractivity contribution in [3.63, 3.8) is 0 Å². The zero-order chi connectivity index (χ0) is 17.4. The van der Waals surface area contributed by atoms with Gasteiger partial charge in [-0.05, 0) is 54.7 Å². The molecule has 0 saturated heterocycles. The number of rotatable bonds is 9. The highest BCUT2D eigenvalue weighted by atomic mass is 79.9. The monoisotopic (exact) mass is 404 g/mol. The number of halogens is 1. The summed E-state index contributed by atoms with van der Waals surface area (Å²) in [5.41, 5.74) is 1.25. The van der Waals surface area contributed by atoms with E-state index in [2.05, 4.69) is 40.2 Å². The first kappa shape index (κ1) is 19.1. The van der Waals surface area contributed by atoms with E-state index in [0.717, 1.165) is 41.0 Å². The van der Waals surface area contributed by atoms with Crippen LogP contribution in [-0.2, 0) is 11.2 Å². The fraction of sp³-hybridized carbons (Fsp3) is 0.350. The minimum atomic E-state index is -2.52. The quantitative estimate of drug-likeness (QED) is 0.489. The minimum absolute atomic E-state index is 0.231. The number of hydrogen-bond donors (Lipinski definition) is 1. The fourth-order valence-electron chi connectivity index (χ4n) is 3.00. The number of Topliss-reactive ketones (excluding diaryl/α,β-unsaturated/α-hetero) is 1. The molecule has 0 fully saturated rings. The third-order valence-electron chi connectivity index (χ3n) is 4.40. The van der Waals surface area contributed by atoms with E-state index in [4.69, 9.17) is 0 Å². The number of aryl methyl sites for hydroxylation is 1. The standard InChI is InChI=1S/C20H25BrO2Si/c1-17(22)8-5-6-14-24(23,20-11-3-2-4-12-20)15-13-18-9-7-10-19(21)16-18/h2-4,7,9-12,16,23H,5-6,8,13-15H2,1H3. The van der Waals surface area contributed by atoms with Crippen molar-refractivity contribution < 1.29 is 9.59 Å². The van der Waals surface area contributed by atoms with Crippen molar-refractivity contribution in [2.24, 2.45) is 0 Å². The summed E-state index contributed by atoms with van der Waals surface area (Å²) in [6.45, 7) is 1.63. The largest absolute Gasteiger partial charge is 0.427 e. The fourth-order valence-corrected chi connectivity index (χ4v) is 6.62. The van der Waals surface area contributed by atoms with E-state index in [1.165, 1.54) is 5.56 Å². The highest BCUT2D eigenvalue weighted by Gasteiger charge is 2.32. The molecule has 0 aliphatic carbocycles. The summed E-state index contributed by atoms with van der Waals surface area (Å²) in [4.78, 5) is 22.5. The van der Waals surface area contributed by atoms with Crippen LogP contribution in [0.25, 0.3) is 0 Å². The van der Waals surface area contributed by atoms with Gasteiger partial charge in [0.05, 0.1) is 0 Å². The Bertz CT molecular complexity index is 660. The maximum Gasteiger partial charge on any atom is 0.220 e. The first-order valence-electron chi connectivity index (χ1n) is 8.51. The van der Waals surface area contributed by atoms with Crippen LogP contribution in [0, 0.1) is 0 Å². The third-order valence-corrected chi connectivity index (χ3v) is 8.56. The summed E-state index contributed by atoms with van der Waals surface area (Å²) in [5, 5.41) is 1.10. The van der Waals surface area contributed by atoms with Crippen molar-refractivity contribution in [1.82, 2.24) is 0 Å². The average molecular weight is 405 g/mol. The molecule has 2 aromatic rings. The van der Waals surface area contributed by atoms with Gasteiger partial charge in [-0.3, -0.25) is 0 Å². The molecule has 0 aromatic heterocycles. The highest BCUT2D eigenvalue weighted by molar-refractivity contribution is 9.10. The van der Waals surface area contributed by atoms with E-state index in [9.17, 15) is 9.59 Å². The molecule has 1 unspecified atom stereocenters. The molecule has 0 saturated carbocycles. The van der Waals surface area contributed by atoms with Crippen LogP contribution in [0.15, 0.2) is 59.1 Å². The number of hydrogen-bond acceptors (Lipinski definition) is 2. The molecule has 2 rings (SSSR count). The van der Waals surface area contributed by atoms with Crippen LogP contribution in [0.4, 0.5) is 0 Å². The molecule has 128 valence electrons. The summed E-state index contributed by atoms with van der Waals surface area (Å²) in [6, 6.07) is 20.0. The molecule has 1 atom stereocenters. The Labute approximate surface area is 154 Å². The zero-order valence-electron chi connectivity index (χ0n) is 14.2. The SMILES string of the molecule is CC(=O)CCCC[Si](O)(CCc1cccc(Br)c1)c1ccccc1. The lowest BCUT2D eigenvalue weighted by atomic mass is 10.2. The summed E-state index contributed by atoms with van der Waals surface area (Å²) >= 11 is 3.51. The number of carbonyl (C=O) groups is 1. The van der Waals surface area contributed by atoms with E-state index < -0.39 is 8.32 Å². The lowest BCUT2D eigenvalue weighted by Crippen LogP contribution is -2.48. The molecule has 0 heterocycles. The Balaban J connectivity index is 2.06. The van der Waals surface area contributed by atoms with Crippen molar-refractivity contribution in [2.45, 2.75) is 44.7 Å². The van der Waals surface area contributed by atoms with Crippen molar-refractivity contribution in [3.05, 3.63) is 64.6 Å². The Morgan fingerprint density at radius 2 is 1.79 bits per heavy atom. The predicted molar refractivity (Wildman–Crippen MR) is 106 cm³/mol. The molecule has 2 aromatic carbocycles. The summed E-state index contributed by atoms with van der Waals surface area (Å²) < 4.78 is 1.08. The lowest BCUT2D eigenvalue weighted by Gasteiger charge is -2.26. The van der Waals surface area contributed by atoms with Gasteiger partial charge in [-0.1, -0.05) is 64.8 Å². The Morgan fingerprint density at radius 3 is 2.46 bits per heavy atom. The van der Waals surface area contributed by atoms with Crippen LogP contribution in [0.2, 0.25) is 12.1 Å². The van der Waals surface area contributed by atoms with Gasteiger partial charge in [0.2, 0.25) is 8.32 Å². The second kappa shape index (κ2) is 9.30. The van der Waals surface area contributed by atoms with Crippen molar-refractivity contribution >= 4 is 35.2 Å². The van der Waals surface area contributed by atoms with Crippen LogP contribution in [0.3, 0.4) is 0 Å². The minimum Gasteiger partial charge on any atom is -0.427 e. The maximum atomic E-state index is 11.4. The summed E-state index contributed by atoms with van der Waals surface area (Å²) in [7, 11) is -2.52. The molecule has 24 heavy (non-hydrogen) atoms. The van der Waals surface area contributed by atoms with Gasteiger partial charge in [-0.2, -0.15) is 0 Å². The van der Waals surface area contributed by atoms with Gasteiger partial charge >= 0.3 is 0 Å². The Hall–Kier alpha value is -1.23. The van der Waals surface area contributed by atoms with Crippen LogP contribution in [0.5, 0.6) is 0 Å². The van der Waals surface area contributed by atoms with Gasteiger partial charge in [-0.25, -0.2) is 0 Å². The topological polar surface area (TPSA) is 37.3 Å². The lowest BCUT2D eigenvalue weighted by molar-refractivity contribution is -0.117. The van der Waals surface area contributed by atoms with E-state index >= 15 is 0 Å². The Morgan fingerprint density at radius 1 is 1.04 bits per heavy atom. The van der Waals surface area contributed by atoms with Gasteiger partial charge in [-0.15, -0.1) is 0 Å². The predicted octanol–water partition coefficient (Wildman–Crippen LogP) is 4.60. The molecule has 0 amide bonds. The summed E-state index contributed by atoms with van der Waals surface area (Å²) in [6.07, 6.45) is 3.28. The molecule has 4 heteroatoms. The van der Waals surface area contributed by atoms with Gasteiger partial charge < -0.3 is 9.59 Å². The van der Waals surface area contributed by atoms with E-state index in [0.29, 0.717) is 6.42 Å². The van der Waals surface area contributed by atoms with E-state index in [1.807, 2.05) is 30.3 Å². The third kappa shape index (κ3) is 6.00. The normalized spacial score (nSPS) is 13.5. The van der Waals surface area contributed by atoms with Crippen LogP contribution in [0.1, 0.15) is 31.7 Å². The first-order valence-corrected chi connectivity index (χ1v) is 11.7. The highest BCUT2D eigenvalue weighted by Crippen LogP contribution is 2.21. The Kier molecular flexibility index (Phi) is 7.40. The second-order valence-corrected chi connectivity index (χ2v) is 11.0. The van der Waals surface area contributed by atoms with E-state index in [-0.39, 0.29) is 5.78 Å². The van der Waals surface area contributed by atoms with Crippen molar-refractivity contribution in [1.29, 1.82) is 0 Å². The van der Waals surface area contributed by atoms with Crippen molar-refractivity contribution in [2.75, 3.05) is 0 Å². The van der Waals surface area contributed by atoms with Gasteiger partial charge in [0.25, 0.3) is 0 Å². The van der Waals surface area contributed by atoms with Crippen molar-refractivity contribution in [3.8, 4) is 0 Å². The second-order valence-electron chi connectivity index (χ2n) is 6.44. The molecule has 0 aliphatic heterocycles. The molecule has 0 bridgehead atoms. The van der Waals surface area contributed by atoms with Crippen LogP contribution in [-0.4, -0.2) is 18.9 Å². The van der Waals surface area contributed by atoms with Gasteiger partial charge in [0.15, 0.2) is 0 Å². The number of ketones is 1. The molecular weight excluding hydrogens is 380 g/mol. The van der Waals surface area contributed by atoms with Crippen LogP contribution < -0.4 is 5.19 Å². The number of benzene rings is 2. The molecular formula is C20H25BrO2Si. The zero-order valence-corrected chi connectivity index (χ0v) is 16.8. The van der Waals surface area contributed by atoms with E-state index in [1.54, 1.807) is 6.92 Å².